The first-order valence-corrected chi connectivity index (χ1v) is 11.2. The topological polar surface area (TPSA) is 97.3 Å². The van der Waals surface area contributed by atoms with E-state index in [2.05, 4.69) is 0 Å². The highest BCUT2D eigenvalue weighted by Crippen LogP contribution is 2.57. The lowest BCUT2D eigenvalue weighted by atomic mass is 10.0. The van der Waals surface area contributed by atoms with Crippen molar-refractivity contribution in [2.24, 2.45) is 0 Å². The minimum Gasteiger partial charge on any atom is -0.497 e. The molecule has 0 radical (unpaired) electrons. The maximum atomic E-state index is 14.3. The lowest BCUT2D eigenvalue weighted by Gasteiger charge is -2.34. The number of hydrogen-bond donors (Lipinski definition) is 2. The molecular weight excluding hydrogens is 431 g/mol. The number of ether oxygens (including phenoxy) is 2. The number of rotatable bonds is 6. The van der Waals surface area contributed by atoms with E-state index in [9.17, 15) is 9.36 Å². The van der Waals surface area contributed by atoms with Gasteiger partial charge in [0.1, 0.15) is 5.75 Å². The van der Waals surface area contributed by atoms with Gasteiger partial charge in [0.15, 0.2) is 0 Å². The Hall–Kier alpha value is -1.93. The van der Waals surface area contributed by atoms with E-state index in [1.54, 1.807) is 49.0 Å². The van der Waals surface area contributed by atoms with Gasteiger partial charge in [-0.25, -0.2) is 10.2 Å². The zero-order chi connectivity index (χ0) is 21.7. The number of amides is 1. The molecular formula is C20H24ClN2O6P. The van der Waals surface area contributed by atoms with Gasteiger partial charge in [0, 0.05) is 18.2 Å². The highest BCUT2D eigenvalue weighted by atomic mass is 35.5. The van der Waals surface area contributed by atoms with Gasteiger partial charge in [-0.3, -0.25) is 14.6 Å². The van der Waals surface area contributed by atoms with Crippen molar-refractivity contribution in [2.75, 3.05) is 27.4 Å². The van der Waals surface area contributed by atoms with E-state index in [4.69, 9.17) is 30.8 Å². The Morgan fingerprint density at radius 2 is 1.90 bits per heavy atom. The molecule has 0 spiro atoms. The first-order chi connectivity index (χ1) is 14.4. The van der Waals surface area contributed by atoms with E-state index in [0.29, 0.717) is 22.5 Å². The average molecular weight is 455 g/mol. The number of hydroxylamine groups is 1. The number of carbonyl (C=O) groups excluding carboxylic acids is 1. The van der Waals surface area contributed by atoms with E-state index < -0.39 is 19.5 Å². The summed E-state index contributed by atoms with van der Waals surface area (Å²) in [5, 5.41) is 10.1. The Balaban J connectivity index is 2.12. The predicted octanol–water partition coefficient (Wildman–Crippen LogP) is 3.15. The monoisotopic (exact) mass is 454 g/mol. The molecule has 1 aliphatic rings. The Morgan fingerprint density at radius 3 is 2.47 bits per heavy atom. The summed E-state index contributed by atoms with van der Waals surface area (Å²) in [4.78, 5) is 12.1. The molecule has 3 unspecified atom stereocenters. The molecule has 30 heavy (non-hydrogen) atoms. The Morgan fingerprint density at radius 1 is 1.23 bits per heavy atom. The standard InChI is InChI=1S/C20H24ClN2O6P/c1-27-16-7-9-18(10-8-16)30(26)23(12-20(24)22-25)19(11-17(28-2)13-29-30)14-3-5-15(21)6-4-14/h3-10,17,19,25H,11-13H2,1-2H3,(H,22,24). The molecule has 1 amide bonds. The molecule has 8 nitrogen and oxygen atoms in total. The molecule has 2 aromatic rings. The summed E-state index contributed by atoms with van der Waals surface area (Å²) in [7, 11) is -0.612. The van der Waals surface area contributed by atoms with Crippen LogP contribution in [0.25, 0.3) is 0 Å². The smallest absolute Gasteiger partial charge is 0.303 e. The van der Waals surface area contributed by atoms with Crippen LogP contribution in [0.4, 0.5) is 0 Å². The van der Waals surface area contributed by atoms with Crippen LogP contribution in [0.5, 0.6) is 5.75 Å². The summed E-state index contributed by atoms with van der Waals surface area (Å²) in [5.41, 5.74) is 2.41. The van der Waals surface area contributed by atoms with Crippen molar-refractivity contribution >= 4 is 30.3 Å². The molecule has 0 saturated carbocycles. The van der Waals surface area contributed by atoms with Crippen LogP contribution in [0, 0.1) is 0 Å². The minimum atomic E-state index is -3.71. The molecule has 3 atom stereocenters. The normalized spacial score (nSPS) is 24.8. The Kier molecular flexibility index (Phi) is 7.52. The first kappa shape index (κ1) is 22.7. The maximum absolute atomic E-state index is 14.3. The summed E-state index contributed by atoms with van der Waals surface area (Å²) in [6.07, 6.45) is 0.0798. The number of nitrogens with one attached hydrogen (secondary N) is 1. The number of hydrogen-bond acceptors (Lipinski definition) is 6. The van der Waals surface area contributed by atoms with Gasteiger partial charge in [-0.1, -0.05) is 23.7 Å². The van der Waals surface area contributed by atoms with Crippen molar-refractivity contribution in [1.82, 2.24) is 10.2 Å². The number of nitrogens with zero attached hydrogens (tertiary/aromatic N) is 1. The zero-order valence-corrected chi connectivity index (χ0v) is 18.3. The number of carbonyl (C=O) groups is 1. The van der Waals surface area contributed by atoms with Crippen LogP contribution >= 0.6 is 19.1 Å². The van der Waals surface area contributed by atoms with E-state index in [1.165, 1.54) is 11.8 Å². The van der Waals surface area contributed by atoms with Crippen LogP contribution in [0.1, 0.15) is 18.0 Å². The molecule has 0 aromatic heterocycles. The molecule has 1 saturated heterocycles. The molecule has 1 aliphatic heterocycles. The molecule has 2 N–H and O–H groups in total. The molecule has 3 rings (SSSR count). The fourth-order valence-corrected chi connectivity index (χ4v) is 5.94. The van der Waals surface area contributed by atoms with Crippen molar-refractivity contribution in [3.05, 3.63) is 59.1 Å². The molecule has 162 valence electrons. The van der Waals surface area contributed by atoms with Crippen molar-refractivity contribution in [1.29, 1.82) is 0 Å². The van der Waals surface area contributed by atoms with E-state index in [0.717, 1.165) is 5.56 Å². The second-order valence-corrected chi connectivity index (χ2v) is 9.57. The van der Waals surface area contributed by atoms with Gasteiger partial charge >= 0.3 is 7.52 Å². The summed E-state index contributed by atoms with van der Waals surface area (Å²) in [6, 6.07) is 13.3. The Bertz CT molecular complexity index is 909. The SMILES string of the molecule is COc1ccc(P2(=O)OCC(OC)CC(c3ccc(Cl)cc3)N2CC(=O)NO)cc1. The zero-order valence-electron chi connectivity index (χ0n) is 16.7. The van der Waals surface area contributed by atoms with Gasteiger partial charge in [-0.05, 0) is 48.4 Å². The second-order valence-electron chi connectivity index (χ2n) is 6.81. The number of benzene rings is 2. The fraction of sp³-hybridized carbons (Fsp3) is 0.350. The third kappa shape index (κ3) is 4.86. The predicted molar refractivity (Wildman–Crippen MR) is 112 cm³/mol. The highest BCUT2D eigenvalue weighted by molar-refractivity contribution is 7.64. The molecule has 10 heteroatoms. The van der Waals surface area contributed by atoms with Gasteiger partial charge in [0.05, 0.1) is 31.7 Å². The third-order valence-electron chi connectivity index (χ3n) is 5.04. The maximum Gasteiger partial charge on any atom is 0.303 e. The van der Waals surface area contributed by atoms with E-state index in [1.807, 2.05) is 12.1 Å². The van der Waals surface area contributed by atoms with E-state index >= 15 is 0 Å². The fourth-order valence-electron chi connectivity index (χ4n) is 3.42. The van der Waals surface area contributed by atoms with Crippen LogP contribution < -0.4 is 15.5 Å². The van der Waals surface area contributed by atoms with E-state index in [-0.39, 0.29) is 19.3 Å². The molecule has 1 fully saturated rings. The van der Waals surface area contributed by atoms with Crippen LogP contribution in [0.15, 0.2) is 48.5 Å². The van der Waals surface area contributed by atoms with Crippen LogP contribution in [-0.2, 0) is 18.6 Å². The first-order valence-electron chi connectivity index (χ1n) is 9.28. The van der Waals surface area contributed by atoms with Gasteiger partial charge in [-0.15, -0.1) is 0 Å². The average Bonchev–Trinajstić information content (AvgIpc) is 2.92. The number of methoxy groups -OCH3 is 2. The second kappa shape index (κ2) is 9.92. The summed E-state index contributed by atoms with van der Waals surface area (Å²) >= 11 is 6.04. The van der Waals surface area contributed by atoms with Crippen LogP contribution in [-0.4, -0.2) is 49.3 Å². The summed E-state index contributed by atoms with van der Waals surface area (Å²) in [5.74, 6) is -0.106. The lowest BCUT2D eigenvalue weighted by Crippen LogP contribution is -2.38. The quantitative estimate of drug-likeness (QED) is 0.393. The molecule has 1 heterocycles. The van der Waals surface area contributed by atoms with Crippen LogP contribution in [0.3, 0.4) is 0 Å². The highest BCUT2D eigenvalue weighted by Gasteiger charge is 2.44. The minimum absolute atomic E-state index is 0.0845. The third-order valence-corrected chi connectivity index (χ3v) is 7.83. The van der Waals surface area contributed by atoms with Gasteiger partial charge < -0.3 is 14.0 Å². The molecule has 0 aliphatic carbocycles. The summed E-state index contributed by atoms with van der Waals surface area (Å²) < 4.78 is 32.4. The largest absolute Gasteiger partial charge is 0.497 e. The van der Waals surface area contributed by atoms with Crippen molar-refractivity contribution in [3.8, 4) is 5.75 Å². The van der Waals surface area contributed by atoms with Gasteiger partial charge in [0.2, 0.25) is 0 Å². The number of halogens is 1. The Labute approximate surface area is 180 Å². The molecule has 2 aromatic carbocycles. The lowest BCUT2D eigenvalue weighted by molar-refractivity contribution is -0.129. The van der Waals surface area contributed by atoms with Crippen LogP contribution in [0.2, 0.25) is 5.02 Å². The van der Waals surface area contributed by atoms with Gasteiger partial charge in [0.25, 0.3) is 5.91 Å². The van der Waals surface area contributed by atoms with Crippen molar-refractivity contribution < 1.29 is 28.6 Å². The van der Waals surface area contributed by atoms with Crippen molar-refractivity contribution in [3.63, 3.8) is 0 Å². The molecule has 0 bridgehead atoms. The van der Waals surface area contributed by atoms with Gasteiger partial charge in [-0.2, -0.15) is 0 Å². The van der Waals surface area contributed by atoms with Crippen molar-refractivity contribution in [2.45, 2.75) is 18.6 Å². The summed E-state index contributed by atoms with van der Waals surface area (Å²) in [6.45, 7) is -0.259.